The first-order valence-corrected chi connectivity index (χ1v) is 7.51. The van der Waals surface area contributed by atoms with E-state index in [0.29, 0.717) is 31.6 Å². The maximum atomic E-state index is 11.8. The monoisotopic (exact) mass is 315 g/mol. The van der Waals surface area contributed by atoms with Gasteiger partial charge in [0, 0.05) is 31.3 Å². The third-order valence-corrected chi connectivity index (χ3v) is 3.49. The minimum Gasteiger partial charge on any atom is -0.497 e. The van der Waals surface area contributed by atoms with E-state index in [1.165, 1.54) is 17.0 Å². The Balaban J connectivity index is 1.73. The van der Waals surface area contributed by atoms with Crippen LogP contribution >= 0.6 is 0 Å². The van der Waals surface area contributed by atoms with Crippen LogP contribution in [0.1, 0.15) is 17.7 Å². The molecule has 0 bridgehead atoms. The Bertz CT molecular complexity index is 708. The number of amides is 1. The fourth-order valence-electron chi connectivity index (χ4n) is 2.14. The van der Waals surface area contributed by atoms with Crippen molar-refractivity contribution in [3.63, 3.8) is 0 Å². The Labute approximate surface area is 135 Å². The SMILES string of the molecule is COc1ccc(CCC(=O)NCCn2cnc(C)cc2=O)cc1. The van der Waals surface area contributed by atoms with Crippen LogP contribution in [0.4, 0.5) is 0 Å². The molecule has 0 radical (unpaired) electrons. The first-order chi connectivity index (χ1) is 11.1. The summed E-state index contributed by atoms with van der Waals surface area (Å²) >= 11 is 0. The quantitative estimate of drug-likeness (QED) is 0.836. The summed E-state index contributed by atoms with van der Waals surface area (Å²) in [5.41, 5.74) is 1.67. The van der Waals surface area contributed by atoms with E-state index in [-0.39, 0.29) is 11.5 Å². The van der Waals surface area contributed by atoms with E-state index in [0.717, 1.165) is 11.3 Å². The lowest BCUT2D eigenvalue weighted by atomic mass is 10.1. The number of nitrogens with one attached hydrogen (secondary N) is 1. The molecule has 6 heteroatoms. The van der Waals surface area contributed by atoms with Crippen LogP contribution in [0.5, 0.6) is 5.75 Å². The number of benzene rings is 1. The molecule has 1 heterocycles. The van der Waals surface area contributed by atoms with Crippen LogP contribution < -0.4 is 15.6 Å². The number of nitrogens with zero attached hydrogens (tertiary/aromatic N) is 2. The van der Waals surface area contributed by atoms with E-state index in [2.05, 4.69) is 10.3 Å². The van der Waals surface area contributed by atoms with Crippen molar-refractivity contribution < 1.29 is 9.53 Å². The Morgan fingerprint density at radius 1 is 1.30 bits per heavy atom. The highest BCUT2D eigenvalue weighted by molar-refractivity contribution is 5.76. The van der Waals surface area contributed by atoms with Gasteiger partial charge in [0.1, 0.15) is 5.75 Å². The van der Waals surface area contributed by atoms with Crippen LogP contribution in [-0.2, 0) is 17.8 Å². The first kappa shape index (κ1) is 16.7. The summed E-state index contributed by atoms with van der Waals surface area (Å²) < 4.78 is 6.58. The van der Waals surface area contributed by atoms with Crippen molar-refractivity contribution in [2.24, 2.45) is 0 Å². The summed E-state index contributed by atoms with van der Waals surface area (Å²) in [6.45, 7) is 2.60. The molecule has 2 aromatic rings. The molecule has 1 aromatic heterocycles. The number of rotatable bonds is 7. The fourth-order valence-corrected chi connectivity index (χ4v) is 2.14. The summed E-state index contributed by atoms with van der Waals surface area (Å²) in [5.74, 6) is 0.768. The standard InChI is InChI=1S/C17H21N3O3/c1-13-11-17(22)20(12-19-13)10-9-18-16(21)8-5-14-3-6-15(23-2)7-4-14/h3-4,6-7,11-12H,5,8-10H2,1-2H3,(H,18,21). The van der Waals surface area contributed by atoms with Crippen LogP contribution in [0, 0.1) is 6.92 Å². The Morgan fingerprint density at radius 3 is 2.70 bits per heavy atom. The van der Waals surface area contributed by atoms with Crippen molar-refractivity contribution in [3.05, 3.63) is 58.3 Å². The van der Waals surface area contributed by atoms with Gasteiger partial charge in [0.2, 0.25) is 5.91 Å². The van der Waals surface area contributed by atoms with Gasteiger partial charge in [-0.15, -0.1) is 0 Å². The zero-order chi connectivity index (χ0) is 16.7. The van der Waals surface area contributed by atoms with Gasteiger partial charge in [0.15, 0.2) is 0 Å². The summed E-state index contributed by atoms with van der Waals surface area (Å²) in [5, 5.41) is 2.81. The first-order valence-electron chi connectivity index (χ1n) is 7.51. The van der Waals surface area contributed by atoms with Crippen molar-refractivity contribution in [3.8, 4) is 5.75 Å². The molecular weight excluding hydrogens is 294 g/mol. The summed E-state index contributed by atoms with van der Waals surface area (Å²) in [6, 6.07) is 9.13. The molecule has 0 unspecified atom stereocenters. The number of carbonyl (C=O) groups is 1. The predicted octanol–water partition coefficient (Wildman–Crippen LogP) is 1.31. The highest BCUT2D eigenvalue weighted by atomic mass is 16.5. The number of hydrogen-bond acceptors (Lipinski definition) is 4. The molecule has 0 aliphatic carbocycles. The molecule has 122 valence electrons. The van der Waals surface area contributed by atoms with Crippen LogP contribution in [0.3, 0.4) is 0 Å². The summed E-state index contributed by atoms with van der Waals surface area (Å²) in [7, 11) is 1.62. The lowest BCUT2D eigenvalue weighted by Gasteiger charge is -2.08. The van der Waals surface area contributed by atoms with Crippen LogP contribution in [0.25, 0.3) is 0 Å². The van der Waals surface area contributed by atoms with Gasteiger partial charge < -0.3 is 10.1 Å². The second kappa shape index (κ2) is 8.12. The summed E-state index contributed by atoms with van der Waals surface area (Å²) in [6.07, 6.45) is 2.58. The number of ether oxygens (including phenoxy) is 1. The van der Waals surface area contributed by atoms with E-state index >= 15 is 0 Å². The molecule has 0 aliphatic heterocycles. The molecule has 1 amide bonds. The second-order valence-corrected chi connectivity index (χ2v) is 5.26. The van der Waals surface area contributed by atoms with Gasteiger partial charge in [-0.2, -0.15) is 0 Å². The molecule has 0 saturated carbocycles. The topological polar surface area (TPSA) is 73.2 Å². The van der Waals surface area contributed by atoms with Gasteiger partial charge in [-0.05, 0) is 31.0 Å². The Morgan fingerprint density at radius 2 is 2.04 bits per heavy atom. The molecule has 6 nitrogen and oxygen atoms in total. The number of methoxy groups -OCH3 is 1. The number of carbonyl (C=O) groups excluding carboxylic acids is 1. The smallest absolute Gasteiger partial charge is 0.253 e. The Kier molecular flexibility index (Phi) is 5.91. The fraction of sp³-hybridized carbons (Fsp3) is 0.353. The van der Waals surface area contributed by atoms with Crippen molar-refractivity contribution in [1.82, 2.24) is 14.9 Å². The van der Waals surface area contributed by atoms with E-state index in [1.807, 2.05) is 24.3 Å². The third-order valence-electron chi connectivity index (χ3n) is 3.49. The van der Waals surface area contributed by atoms with E-state index < -0.39 is 0 Å². The lowest BCUT2D eigenvalue weighted by molar-refractivity contribution is -0.121. The maximum Gasteiger partial charge on any atom is 0.253 e. The van der Waals surface area contributed by atoms with Crippen molar-refractivity contribution >= 4 is 5.91 Å². The minimum absolute atomic E-state index is 0.0334. The van der Waals surface area contributed by atoms with Crippen molar-refractivity contribution in [2.75, 3.05) is 13.7 Å². The molecule has 0 spiro atoms. The number of aryl methyl sites for hydroxylation is 2. The lowest BCUT2D eigenvalue weighted by Crippen LogP contribution is -2.31. The average Bonchev–Trinajstić information content (AvgIpc) is 2.55. The number of aromatic nitrogens is 2. The molecule has 1 N–H and O–H groups in total. The molecular formula is C17H21N3O3. The third kappa shape index (κ3) is 5.25. The van der Waals surface area contributed by atoms with Crippen LogP contribution in [-0.4, -0.2) is 29.1 Å². The molecule has 23 heavy (non-hydrogen) atoms. The Hall–Kier alpha value is -2.63. The second-order valence-electron chi connectivity index (χ2n) is 5.26. The predicted molar refractivity (Wildman–Crippen MR) is 87.6 cm³/mol. The van der Waals surface area contributed by atoms with Gasteiger partial charge in [-0.3, -0.25) is 14.2 Å². The van der Waals surface area contributed by atoms with Crippen LogP contribution in [0.15, 0.2) is 41.5 Å². The van der Waals surface area contributed by atoms with Crippen molar-refractivity contribution in [2.45, 2.75) is 26.3 Å². The average molecular weight is 315 g/mol. The van der Waals surface area contributed by atoms with Gasteiger partial charge >= 0.3 is 0 Å². The zero-order valence-corrected chi connectivity index (χ0v) is 13.4. The van der Waals surface area contributed by atoms with E-state index in [1.54, 1.807) is 14.0 Å². The molecule has 0 atom stereocenters. The number of hydrogen-bond donors (Lipinski definition) is 1. The van der Waals surface area contributed by atoms with Gasteiger partial charge in [0.25, 0.3) is 5.56 Å². The molecule has 0 saturated heterocycles. The maximum absolute atomic E-state index is 11.8. The van der Waals surface area contributed by atoms with Gasteiger partial charge in [0.05, 0.1) is 13.4 Å². The zero-order valence-electron chi connectivity index (χ0n) is 13.4. The normalized spacial score (nSPS) is 10.3. The molecule has 1 aromatic carbocycles. The molecule has 0 aliphatic rings. The van der Waals surface area contributed by atoms with Crippen LogP contribution in [0.2, 0.25) is 0 Å². The highest BCUT2D eigenvalue weighted by Gasteiger charge is 2.03. The van der Waals surface area contributed by atoms with E-state index in [9.17, 15) is 9.59 Å². The molecule has 0 fully saturated rings. The van der Waals surface area contributed by atoms with E-state index in [4.69, 9.17) is 4.74 Å². The highest BCUT2D eigenvalue weighted by Crippen LogP contribution is 2.12. The van der Waals surface area contributed by atoms with Gasteiger partial charge in [-0.1, -0.05) is 12.1 Å². The molecule has 2 rings (SSSR count). The summed E-state index contributed by atoms with van der Waals surface area (Å²) in [4.78, 5) is 27.6. The largest absolute Gasteiger partial charge is 0.497 e. The minimum atomic E-state index is -0.106. The van der Waals surface area contributed by atoms with Gasteiger partial charge in [-0.25, -0.2) is 4.98 Å². The van der Waals surface area contributed by atoms with Crippen molar-refractivity contribution in [1.29, 1.82) is 0 Å².